The van der Waals surface area contributed by atoms with E-state index in [-0.39, 0.29) is 65.9 Å². The van der Waals surface area contributed by atoms with Crippen LogP contribution in [0.3, 0.4) is 0 Å². The molecule has 7 heteroatoms. The molecule has 3 atom stereocenters. The van der Waals surface area contributed by atoms with Gasteiger partial charge in [-0.2, -0.15) is 0 Å². The third kappa shape index (κ3) is 4.82. The maximum atomic E-state index is 14.1. The van der Waals surface area contributed by atoms with E-state index in [9.17, 15) is 13.9 Å². The van der Waals surface area contributed by atoms with Crippen LogP contribution < -0.4 is 0 Å². The quantitative estimate of drug-likeness (QED) is 0.466. The maximum Gasteiger partial charge on any atom is 0.131 e. The standard InChI is InChI=1S/C27H35F2NO2.2ClH/c1-17(2)24(32-16-19-21(28)9-7-10-22(19)29)15-30-13-12-27(5)20-8-6-11-23(31)18(20)14-25(30)26(27,3)4;;/h6-11,17,24-25,31H,12-16H2,1-5H3;2*1H. The summed E-state index contributed by atoms with van der Waals surface area (Å²) in [6.45, 7) is 12.7. The number of piperidine rings is 1. The van der Waals surface area contributed by atoms with Crippen molar-refractivity contribution in [2.24, 2.45) is 11.3 Å². The molecule has 0 aromatic heterocycles. The summed E-state index contributed by atoms with van der Waals surface area (Å²) in [6, 6.07) is 10.1. The fourth-order valence-corrected chi connectivity index (χ4v) is 5.80. The van der Waals surface area contributed by atoms with Gasteiger partial charge in [-0.3, -0.25) is 4.90 Å². The predicted octanol–water partition coefficient (Wildman–Crippen LogP) is 6.67. The number of phenolic OH excluding ortho intramolecular Hbond substituents is 1. The molecular weight excluding hydrogens is 479 g/mol. The number of hydrogen-bond acceptors (Lipinski definition) is 3. The lowest BCUT2D eigenvalue weighted by Crippen LogP contribution is -2.64. The highest BCUT2D eigenvalue weighted by molar-refractivity contribution is 5.85. The number of halogens is 4. The van der Waals surface area contributed by atoms with Gasteiger partial charge in [0.05, 0.1) is 12.7 Å². The Hall–Kier alpha value is -1.40. The summed E-state index contributed by atoms with van der Waals surface area (Å²) in [7, 11) is 0. The van der Waals surface area contributed by atoms with Crippen molar-refractivity contribution < 1.29 is 18.6 Å². The van der Waals surface area contributed by atoms with E-state index in [0.29, 0.717) is 12.3 Å². The largest absolute Gasteiger partial charge is 0.508 e. The van der Waals surface area contributed by atoms with Gasteiger partial charge >= 0.3 is 0 Å². The Bertz CT molecular complexity index is 980. The molecule has 1 fully saturated rings. The molecule has 2 aromatic rings. The number of hydrogen-bond donors (Lipinski definition) is 1. The lowest BCUT2D eigenvalue weighted by molar-refractivity contribution is -0.0787. The summed E-state index contributed by atoms with van der Waals surface area (Å²) in [6.07, 6.45) is 1.62. The van der Waals surface area contributed by atoms with Crippen LogP contribution in [0, 0.1) is 23.0 Å². The average Bonchev–Trinajstić information content (AvgIpc) is 2.71. The Kier molecular flexibility index (Phi) is 9.07. The minimum atomic E-state index is -0.568. The van der Waals surface area contributed by atoms with Gasteiger partial charge in [0.1, 0.15) is 17.4 Å². The van der Waals surface area contributed by atoms with Crippen LogP contribution in [0.25, 0.3) is 0 Å². The number of phenols is 1. The Morgan fingerprint density at radius 3 is 2.29 bits per heavy atom. The number of rotatable bonds is 6. The number of ether oxygens (including phenoxy) is 1. The van der Waals surface area contributed by atoms with Crippen molar-refractivity contribution in [2.75, 3.05) is 13.1 Å². The van der Waals surface area contributed by atoms with Gasteiger partial charge in [0, 0.05) is 23.6 Å². The fraction of sp³-hybridized carbons (Fsp3) is 0.556. The first-order valence-corrected chi connectivity index (χ1v) is 11.7. The molecule has 1 saturated heterocycles. The molecule has 1 N–H and O–H groups in total. The Labute approximate surface area is 214 Å². The minimum Gasteiger partial charge on any atom is -0.508 e. The second-order valence-corrected chi connectivity index (χ2v) is 10.6. The lowest BCUT2D eigenvalue weighted by Gasteiger charge is -2.61. The first-order chi connectivity index (χ1) is 15.1. The monoisotopic (exact) mass is 515 g/mol. The molecule has 190 valence electrons. The van der Waals surface area contributed by atoms with Crippen molar-refractivity contribution in [2.45, 2.75) is 71.6 Å². The van der Waals surface area contributed by atoms with Crippen molar-refractivity contribution in [3.05, 3.63) is 64.7 Å². The SMILES string of the molecule is CC(C)C(CN1CCC2(C)c3cccc(O)c3CC1C2(C)C)OCc1c(F)cccc1F.Cl.Cl. The normalized spacial score (nSPS) is 24.1. The maximum absolute atomic E-state index is 14.1. The molecule has 2 aromatic carbocycles. The minimum absolute atomic E-state index is 0. The van der Waals surface area contributed by atoms with Crippen molar-refractivity contribution in [3.8, 4) is 5.75 Å². The summed E-state index contributed by atoms with van der Waals surface area (Å²) in [4.78, 5) is 2.47. The fourth-order valence-electron chi connectivity index (χ4n) is 5.80. The van der Waals surface area contributed by atoms with Crippen LogP contribution in [0.2, 0.25) is 0 Å². The Balaban J connectivity index is 0.00000204. The number of benzene rings is 2. The zero-order chi connectivity index (χ0) is 23.3. The van der Waals surface area contributed by atoms with E-state index in [4.69, 9.17) is 4.74 Å². The van der Waals surface area contributed by atoms with Gasteiger partial charge in [0.25, 0.3) is 0 Å². The highest BCUT2D eigenvalue weighted by atomic mass is 35.5. The molecule has 0 spiro atoms. The van der Waals surface area contributed by atoms with Crippen molar-refractivity contribution in [1.82, 2.24) is 4.90 Å². The summed E-state index contributed by atoms with van der Waals surface area (Å²) >= 11 is 0. The molecule has 2 bridgehead atoms. The number of likely N-dealkylation sites (tertiary alicyclic amines) is 1. The summed E-state index contributed by atoms with van der Waals surface area (Å²) in [5.41, 5.74) is 2.29. The lowest BCUT2D eigenvalue weighted by atomic mass is 9.51. The molecule has 3 unspecified atom stereocenters. The molecule has 2 aliphatic rings. The van der Waals surface area contributed by atoms with Crippen molar-refractivity contribution >= 4 is 24.8 Å². The van der Waals surface area contributed by atoms with E-state index in [0.717, 1.165) is 24.9 Å². The molecule has 0 amide bonds. The highest BCUT2D eigenvalue weighted by Crippen LogP contribution is 2.57. The van der Waals surface area contributed by atoms with Crippen LogP contribution >= 0.6 is 24.8 Å². The van der Waals surface area contributed by atoms with Gasteiger partial charge in [-0.25, -0.2) is 8.78 Å². The molecular formula is C27H37Cl2F2NO2. The molecule has 0 saturated carbocycles. The van der Waals surface area contributed by atoms with E-state index >= 15 is 0 Å². The van der Waals surface area contributed by atoms with Gasteiger partial charge in [0.2, 0.25) is 0 Å². The Morgan fingerprint density at radius 2 is 1.68 bits per heavy atom. The van der Waals surface area contributed by atoms with Crippen LogP contribution in [0.4, 0.5) is 8.78 Å². The molecule has 4 rings (SSSR count). The van der Waals surface area contributed by atoms with Crippen molar-refractivity contribution in [1.29, 1.82) is 0 Å². The molecule has 1 heterocycles. The zero-order valence-electron chi connectivity index (χ0n) is 20.6. The summed E-state index contributed by atoms with van der Waals surface area (Å²) in [5.74, 6) is -0.559. The van der Waals surface area contributed by atoms with Gasteiger partial charge in [-0.15, -0.1) is 24.8 Å². The van der Waals surface area contributed by atoms with E-state index in [2.05, 4.69) is 45.6 Å². The second-order valence-electron chi connectivity index (χ2n) is 10.6. The number of nitrogens with zero attached hydrogens (tertiary/aromatic N) is 1. The topological polar surface area (TPSA) is 32.7 Å². The van der Waals surface area contributed by atoms with Crippen LogP contribution in [-0.4, -0.2) is 35.2 Å². The predicted molar refractivity (Wildman–Crippen MR) is 137 cm³/mol. The van der Waals surface area contributed by atoms with E-state index in [1.54, 1.807) is 6.07 Å². The van der Waals surface area contributed by atoms with Crippen molar-refractivity contribution in [3.63, 3.8) is 0 Å². The summed E-state index contributed by atoms with van der Waals surface area (Å²) < 4.78 is 34.3. The zero-order valence-corrected chi connectivity index (χ0v) is 22.2. The van der Waals surface area contributed by atoms with E-state index < -0.39 is 11.6 Å². The number of aromatic hydroxyl groups is 1. The Morgan fingerprint density at radius 1 is 1.06 bits per heavy atom. The van der Waals surface area contributed by atoms with Crippen LogP contribution in [0.15, 0.2) is 36.4 Å². The highest BCUT2D eigenvalue weighted by Gasteiger charge is 2.56. The van der Waals surface area contributed by atoms with Crippen LogP contribution in [0.5, 0.6) is 5.75 Å². The van der Waals surface area contributed by atoms with E-state index in [1.807, 2.05) is 6.07 Å². The average molecular weight is 517 g/mol. The smallest absolute Gasteiger partial charge is 0.131 e. The molecule has 3 nitrogen and oxygen atoms in total. The number of fused-ring (bicyclic) bond motifs is 4. The molecule has 1 aliphatic heterocycles. The van der Waals surface area contributed by atoms with E-state index in [1.165, 1.54) is 23.8 Å². The van der Waals surface area contributed by atoms with Gasteiger partial charge < -0.3 is 9.84 Å². The third-order valence-electron chi connectivity index (χ3n) is 8.40. The second kappa shape index (κ2) is 10.7. The van der Waals surface area contributed by atoms with Gasteiger partial charge in [0.15, 0.2) is 0 Å². The molecule has 0 radical (unpaired) electrons. The first kappa shape index (κ1) is 28.8. The van der Waals surface area contributed by atoms with Gasteiger partial charge in [-0.05, 0) is 60.0 Å². The third-order valence-corrected chi connectivity index (χ3v) is 8.40. The summed E-state index contributed by atoms with van der Waals surface area (Å²) in [5, 5.41) is 10.6. The molecule has 1 aliphatic carbocycles. The van der Waals surface area contributed by atoms with Gasteiger partial charge in [-0.1, -0.05) is 52.8 Å². The van der Waals surface area contributed by atoms with Crippen LogP contribution in [0.1, 0.15) is 57.7 Å². The first-order valence-electron chi connectivity index (χ1n) is 11.7. The molecule has 34 heavy (non-hydrogen) atoms. The van der Waals surface area contributed by atoms with Crippen LogP contribution in [-0.2, 0) is 23.2 Å².